The van der Waals surface area contributed by atoms with Gasteiger partial charge in [0.05, 0.1) is 11.1 Å². The first-order valence-corrected chi connectivity index (χ1v) is 8.60. The number of hydrogen-bond acceptors (Lipinski definition) is 2. The van der Waals surface area contributed by atoms with Crippen LogP contribution in [0.4, 0.5) is 52.7 Å². The maximum absolute atomic E-state index is 13.9. The SMILES string of the molecule is C=Cc1c(F)c(F)c(OCC(F)(F)C(F)(F)COc2c(F)c(F)c(C=C)c(F)c2F)c(F)c1F. The molecule has 0 fully saturated rings. The molecule has 0 amide bonds. The van der Waals surface area contributed by atoms with E-state index in [1.54, 1.807) is 0 Å². The Bertz CT molecular complexity index is 996. The highest BCUT2D eigenvalue weighted by Crippen LogP contribution is 2.38. The van der Waals surface area contributed by atoms with Gasteiger partial charge in [0.2, 0.25) is 23.3 Å². The third kappa shape index (κ3) is 4.53. The monoisotopic (exact) mass is 510 g/mol. The smallest absolute Gasteiger partial charge is 0.346 e. The van der Waals surface area contributed by atoms with Gasteiger partial charge in [0, 0.05) is 0 Å². The lowest BCUT2D eigenvalue weighted by atomic mass is 10.1. The Morgan fingerprint density at radius 1 is 0.500 bits per heavy atom. The van der Waals surface area contributed by atoms with Gasteiger partial charge in [-0.15, -0.1) is 0 Å². The van der Waals surface area contributed by atoms with Crippen LogP contribution >= 0.6 is 0 Å². The predicted octanol–water partition coefficient (Wildman–Crippen LogP) is 6.81. The average molecular weight is 510 g/mol. The second-order valence-electron chi connectivity index (χ2n) is 6.39. The van der Waals surface area contributed by atoms with Crippen LogP contribution in [-0.2, 0) is 0 Å². The van der Waals surface area contributed by atoms with Gasteiger partial charge in [0.1, 0.15) is 0 Å². The van der Waals surface area contributed by atoms with Crippen LogP contribution in [0.1, 0.15) is 11.1 Å². The zero-order valence-electron chi connectivity index (χ0n) is 16.3. The first-order chi connectivity index (χ1) is 15.6. The molecule has 0 atom stereocenters. The van der Waals surface area contributed by atoms with Gasteiger partial charge in [0.25, 0.3) is 0 Å². The highest BCUT2D eigenvalue weighted by atomic mass is 19.3. The maximum atomic E-state index is 13.9. The summed E-state index contributed by atoms with van der Waals surface area (Å²) in [7, 11) is 0. The fraction of sp³-hybridized carbons (Fsp3) is 0.200. The van der Waals surface area contributed by atoms with E-state index in [9.17, 15) is 52.7 Å². The molecule has 0 unspecified atom stereocenters. The number of rotatable bonds is 9. The van der Waals surface area contributed by atoms with Crippen molar-refractivity contribution in [2.45, 2.75) is 11.8 Å². The number of ether oxygens (including phenoxy) is 2. The highest BCUT2D eigenvalue weighted by molar-refractivity contribution is 5.52. The van der Waals surface area contributed by atoms with E-state index in [0.29, 0.717) is 12.2 Å². The Morgan fingerprint density at radius 3 is 0.941 bits per heavy atom. The molecule has 186 valence electrons. The summed E-state index contributed by atoms with van der Waals surface area (Å²) in [5.41, 5.74) is -2.67. The van der Waals surface area contributed by atoms with E-state index < -0.39 is 94.2 Å². The molecule has 0 aliphatic rings. The molecule has 14 heteroatoms. The van der Waals surface area contributed by atoms with Gasteiger partial charge in [-0.3, -0.25) is 0 Å². The van der Waals surface area contributed by atoms with E-state index in [4.69, 9.17) is 0 Å². The third-order valence-electron chi connectivity index (χ3n) is 4.25. The quantitative estimate of drug-likeness (QED) is 0.273. The van der Waals surface area contributed by atoms with Crippen molar-refractivity contribution in [3.63, 3.8) is 0 Å². The average Bonchev–Trinajstić information content (AvgIpc) is 2.77. The lowest BCUT2D eigenvalue weighted by molar-refractivity contribution is -0.233. The Labute approximate surface area is 182 Å². The molecule has 2 aromatic rings. The van der Waals surface area contributed by atoms with E-state index in [1.807, 2.05) is 0 Å². The van der Waals surface area contributed by atoms with Gasteiger partial charge in [-0.2, -0.15) is 35.1 Å². The first-order valence-electron chi connectivity index (χ1n) is 8.60. The summed E-state index contributed by atoms with van der Waals surface area (Å²) < 4.78 is 173. The lowest BCUT2D eigenvalue weighted by Crippen LogP contribution is -2.49. The van der Waals surface area contributed by atoms with Gasteiger partial charge in [-0.25, -0.2) is 17.6 Å². The molecule has 0 radical (unpaired) electrons. The van der Waals surface area contributed by atoms with Crippen LogP contribution in [0.25, 0.3) is 12.2 Å². The molecule has 0 aliphatic carbocycles. The molecule has 0 spiro atoms. The van der Waals surface area contributed by atoms with Crippen LogP contribution in [-0.4, -0.2) is 25.1 Å². The third-order valence-corrected chi connectivity index (χ3v) is 4.25. The number of alkyl halides is 4. The minimum absolute atomic E-state index is 0.340. The molecular weight excluding hydrogens is 500 g/mol. The molecule has 2 rings (SSSR count). The lowest BCUT2D eigenvalue weighted by Gasteiger charge is -2.27. The number of benzene rings is 2. The Hall–Kier alpha value is -3.32. The second-order valence-corrected chi connectivity index (χ2v) is 6.39. The van der Waals surface area contributed by atoms with Crippen LogP contribution in [0.2, 0.25) is 0 Å². The van der Waals surface area contributed by atoms with Crippen molar-refractivity contribution in [3.8, 4) is 11.5 Å². The molecule has 0 aromatic heterocycles. The molecule has 0 bridgehead atoms. The van der Waals surface area contributed by atoms with Gasteiger partial charge in [-0.1, -0.05) is 25.3 Å². The molecular formula is C20H10F12O2. The van der Waals surface area contributed by atoms with Crippen LogP contribution in [0.15, 0.2) is 13.2 Å². The first kappa shape index (κ1) is 26.9. The Morgan fingerprint density at radius 2 is 0.735 bits per heavy atom. The molecule has 34 heavy (non-hydrogen) atoms. The van der Waals surface area contributed by atoms with Crippen LogP contribution in [0, 0.1) is 46.5 Å². The van der Waals surface area contributed by atoms with Gasteiger partial charge < -0.3 is 9.47 Å². The summed E-state index contributed by atoms with van der Waals surface area (Å²) in [6, 6.07) is 0. The summed E-state index contributed by atoms with van der Waals surface area (Å²) in [6.07, 6.45) is 0.679. The highest BCUT2D eigenvalue weighted by Gasteiger charge is 2.58. The molecule has 0 saturated heterocycles. The van der Waals surface area contributed by atoms with Crippen molar-refractivity contribution < 1.29 is 62.2 Å². The number of halogens is 12. The zero-order chi connectivity index (χ0) is 26.2. The van der Waals surface area contributed by atoms with Crippen LogP contribution < -0.4 is 9.47 Å². The fourth-order valence-corrected chi connectivity index (χ4v) is 2.41. The molecule has 0 saturated carbocycles. The second kappa shape index (κ2) is 9.50. The molecule has 2 aromatic carbocycles. The van der Waals surface area contributed by atoms with Crippen LogP contribution in [0.5, 0.6) is 11.5 Å². The minimum atomic E-state index is -5.46. The zero-order valence-corrected chi connectivity index (χ0v) is 16.3. The number of hydrogen-bond donors (Lipinski definition) is 0. The topological polar surface area (TPSA) is 18.5 Å². The van der Waals surface area contributed by atoms with E-state index in [1.165, 1.54) is 0 Å². The summed E-state index contributed by atoms with van der Waals surface area (Å²) in [4.78, 5) is 0. The standard InChI is InChI=1S/C20H10F12O2/c1-3-7-9(21)13(25)17(14(26)10(7)22)33-5-19(29,30)20(31,32)6-34-18-15(27)11(23)8(4-2)12(24)16(18)28/h3-4H,1-2,5-6H2. The predicted molar refractivity (Wildman–Crippen MR) is 93.6 cm³/mol. The van der Waals surface area contributed by atoms with Crippen molar-refractivity contribution in [2.24, 2.45) is 0 Å². The summed E-state index contributed by atoms with van der Waals surface area (Å²) in [6.45, 7) is 0.499. The Balaban J connectivity index is 2.29. The molecule has 0 heterocycles. The van der Waals surface area contributed by atoms with E-state index in [2.05, 4.69) is 22.6 Å². The molecule has 2 nitrogen and oxygen atoms in total. The summed E-state index contributed by atoms with van der Waals surface area (Å²) >= 11 is 0. The van der Waals surface area contributed by atoms with E-state index in [-0.39, 0.29) is 0 Å². The van der Waals surface area contributed by atoms with Gasteiger partial charge in [-0.05, 0) is 0 Å². The van der Waals surface area contributed by atoms with E-state index >= 15 is 0 Å². The summed E-state index contributed by atoms with van der Waals surface area (Å²) in [5, 5.41) is 0. The molecule has 0 N–H and O–H groups in total. The van der Waals surface area contributed by atoms with Crippen molar-refractivity contribution >= 4 is 12.2 Å². The fourth-order valence-electron chi connectivity index (χ4n) is 2.41. The van der Waals surface area contributed by atoms with Crippen molar-refractivity contribution in [1.82, 2.24) is 0 Å². The summed E-state index contributed by atoms with van der Waals surface area (Å²) in [5.74, 6) is -33.0. The van der Waals surface area contributed by atoms with Crippen LogP contribution in [0.3, 0.4) is 0 Å². The van der Waals surface area contributed by atoms with E-state index in [0.717, 1.165) is 0 Å². The minimum Gasteiger partial charge on any atom is -0.481 e. The molecule has 0 aliphatic heterocycles. The largest absolute Gasteiger partial charge is 0.481 e. The normalized spacial score (nSPS) is 12.0. The van der Waals surface area contributed by atoms with Gasteiger partial charge in [0.15, 0.2) is 48.0 Å². The van der Waals surface area contributed by atoms with Crippen molar-refractivity contribution in [2.75, 3.05) is 13.2 Å². The van der Waals surface area contributed by atoms with Crippen molar-refractivity contribution in [1.29, 1.82) is 0 Å². The Kier molecular flexibility index (Phi) is 7.53. The van der Waals surface area contributed by atoms with Crippen molar-refractivity contribution in [3.05, 3.63) is 70.8 Å². The maximum Gasteiger partial charge on any atom is 0.346 e. The van der Waals surface area contributed by atoms with Gasteiger partial charge >= 0.3 is 11.8 Å².